The van der Waals surface area contributed by atoms with Crippen LogP contribution in [0.5, 0.6) is 5.75 Å². The third-order valence-electron chi connectivity index (χ3n) is 6.26. The number of hydrazine groups is 1. The fourth-order valence-electron chi connectivity index (χ4n) is 3.36. The van der Waals surface area contributed by atoms with Gasteiger partial charge < -0.3 is 4.74 Å². The van der Waals surface area contributed by atoms with E-state index in [2.05, 4.69) is 59.1 Å². The van der Waals surface area contributed by atoms with Crippen molar-refractivity contribution in [3.8, 4) is 5.75 Å². The molecule has 4 nitrogen and oxygen atoms in total. The second kappa shape index (κ2) is 9.09. The lowest BCUT2D eigenvalue weighted by atomic mass is 9.76. The Morgan fingerprint density at radius 2 is 1.67 bits per heavy atom. The molecule has 0 spiro atoms. The molecule has 0 atom stereocenters. The van der Waals surface area contributed by atoms with Crippen molar-refractivity contribution >= 4 is 5.91 Å². The molecule has 0 saturated carbocycles. The molecule has 1 aromatic rings. The Morgan fingerprint density at radius 1 is 1.04 bits per heavy atom. The number of ether oxygens (including phenoxy) is 1. The van der Waals surface area contributed by atoms with Crippen LogP contribution in [0, 0.1) is 0 Å². The molecule has 0 aliphatic carbocycles. The minimum Gasteiger partial charge on any atom is -0.483 e. The average molecular weight is 375 g/mol. The maximum absolute atomic E-state index is 12.3. The molecule has 0 aromatic heterocycles. The van der Waals surface area contributed by atoms with Crippen molar-refractivity contribution in [2.24, 2.45) is 0 Å². The monoisotopic (exact) mass is 374 g/mol. The van der Waals surface area contributed by atoms with Gasteiger partial charge in [-0.05, 0) is 48.1 Å². The van der Waals surface area contributed by atoms with Crippen LogP contribution in [-0.4, -0.2) is 30.6 Å². The number of hydrogen-bond donors (Lipinski definition) is 1. The third-order valence-corrected chi connectivity index (χ3v) is 6.26. The summed E-state index contributed by atoms with van der Waals surface area (Å²) in [5.41, 5.74) is 5.62. The van der Waals surface area contributed by atoms with Crippen LogP contribution in [0.1, 0.15) is 84.8 Å². The number of piperidine rings is 1. The first-order chi connectivity index (χ1) is 12.7. The van der Waals surface area contributed by atoms with E-state index < -0.39 is 0 Å². The molecule has 1 heterocycles. The predicted molar refractivity (Wildman–Crippen MR) is 112 cm³/mol. The number of benzene rings is 1. The fourth-order valence-corrected chi connectivity index (χ4v) is 3.36. The number of amides is 1. The quantitative estimate of drug-likeness (QED) is 0.699. The SMILES string of the molecule is CCC(C)(C)c1ccc(OCC(=O)NN2CCCCC2)c(C(C)(C)CC)c1. The average Bonchev–Trinajstić information content (AvgIpc) is 2.67. The zero-order chi connectivity index (χ0) is 20.1. The first kappa shape index (κ1) is 21.7. The van der Waals surface area contributed by atoms with Crippen molar-refractivity contribution < 1.29 is 9.53 Å². The number of nitrogens with zero attached hydrogens (tertiary/aromatic N) is 1. The normalized spacial score (nSPS) is 16.2. The van der Waals surface area contributed by atoms with Gasteiger partial charge in [-0.2, -0.15) is 0 Å². The molecule has 1 amide bonds. The lowest BCUT2D eigenvalue weighted by Gasteiger charge is -2.30. The highest BCUT2D eigenvalue weighted by molar-refractivity contribution is 5.77. The Kier molecular flexibility index (Phi) is 7.32. The van der Waals surface area contributed by atoms with Gasteiger partial charge >= 0.3 is 0 Å². The Morgan fingerprint density at radius 3 is 2.26 bits per heavy atom. The summed E-state index contributed by atoms with van der Waals surface area (Å²) in [6, 6.07) is 6.48. The van der Waals surface area contributed by atoms with Crippen LogP contribution in [0.4, 0.5) is 0 Å². The summed E-state index contributed by atoms with van der Waals surface area (Å²) in [5.74, 6) is 0.751. The van der Waals surface area contributed by atoms with Gasteiger partial charge in [-0.15, -0.1) is 0 Å². The lowest BCUT2D eigenvalue weighted by Crippen LogP contribution is -2.46. The second-order valence-corrected chi connectivity index (χ2v) is 9.06. The Hall–Kier alpha value is -1.55. The van der Waals surface area contributed by atoms with Gasteiger partial charge in [0.1, 0.15) is 5.75 Å². The molecular formula is C23H38N2O2. The van der Waals surface area contributed by atoms with E-state index in [1.54, 1.807) is 0 Å². The molecule has 1 aliphatic rings. The molecular weight excluding hydrogens is 336 g/mol. The van der Waals surface area contributed by atoms with Crippen molar-refractivity contribution in [1.29, 1.82) is 0 Å². The van der Waals surface area contributed by atoms with E-state index in [1.807, 2.05) is 11.1 Å². The van der Waals surface area contributed by atoms with E-state index in [0.717, 1.165) is 44.5 Å². The summed E-state index contributed by atoms with van der Waals surface area (Å²) >= 11 is 0. The van der Waals surface area contributed by atoms with E-state index in [9.17, 15) is 4.79 Å². The summed E-state index contributed by atoms with van der Waals surface area (Å²) in [6.07, 6.45) is 5.63. The van der Waals surface area contributed by atoms with E-state index in [1.165, 1.54) is 17.5 Å². The smallest absolute Gasteiger partial charge is 0.272 e. The Labute approximate surface area is 165 Å². The van der Waals surface area contributed by atoms with Crippen LogP contribution in [0.3, 0.4) is 0 Å². The number of rotatable bonds is 8. The zero-order valence-electron chi connectivity index (χ0n) is 18.2. The molecule has 4 heteroatoms. The largest absolute Gasteiger partial charge is 0.483 e. The first-order valence-electron chi connectivity index (χ1n) is 10.5. The number of carbonyl (C=O) groups excluding carboxylic acids is 1. The molecule has 0 bridgehead atoms. The Balaban J connectivity index is 2.13. The third kappa shape index (κ3) is 5.71. The predicted octanol–water partition coefficient (Wildman–Crippen LogP) is 4.96. The van der Waals surface area contributed by atoms with Gasteiger partial charge in [0.2, 0.25) is 0 Å². The van der Waals surface area contributed by atoms with Crippen LogP contribution < -0.4 is 10.2 Å². The maximum atomic E-state index is 12.3. The van der Waals surface area contributed by atoms with Crippen molar-refractivity contribution in [1.82, 2.24) is 10.4 Å². The van der Waals surface area contributed by atoms with Gasteiger partial charge in [-0.1, -0.05) is 60.1 Å². The van der Waals surface area contributed by atoms with Crippen molar-refractivity contribution in [2.75, 3.05) is 19.7 Å². The molecule has 27 heavy (non-hydrogen) atoms. The molecule has 1 aromatic carbocycles. The highest BCUT2D eigenvalue weighted by atomic mass is 16.5. The molecule has 0 radical (unpaired) electrons. The van der Waals surface area contributed by atoms with Crippen LogP contribution in [0.15, 0.2) is 18.2 Å². The Bertz CT molecular complexity index is 631. The van der Waals surface area contributed by atoms with Gasteiger partial charge in [-0.3, -0.25) is 10.2 Å². The number of nitrogens with one attached hydrogen (secondary N) is 1. The molecule has 2 rings (SSSR count). The highest BCUT2D eigenvalue weighted by Gasteiger charge is 2.27. The van der Waals surface area contributed by atoms with E-state index in [4.69, 9.17) is 4.74 Å². The summed E-state index contributed by atoms with van der Waals surface area (Å²) in [6.45, 7) is 15.4. The molecule has 1 N–H and O–H groups in total. The summed E-state index contributed by atoms with van der Waals surface area (Å²) in [7, 11) is 0. The summed E-state index contributed by atoms with van der Waals surface area (Å²) in [5, 5.41) is 2.01. The van der Waals surface area contributed by atoms with Gasteiger partial charge in [0.25, 0.3) is 5.91 Å². The van der Waals surface area contributed by atoms with Gasteiger partial charge in [0, 0.05) is 18.7 Å². The van der Waals surface area contributed by atoms with Crippen molar-refractivity contribution in [3.63, 3.8) is 0 Å². The minimum absolute atomic E-state index is 0.00148. The van der Waals surface area contributed by atoms with E-state index in [0.29, 0.717) is 0 Å². The molecule has 1 saturated heterocycles. The van der Waals surface area contributed by atoms with Crippen LogP contribution >= 0.6 is 0 Å². The van der Waals surface area contributed by atoms with Crippen molar-refractivity contribution in [3.05, 3.63) is 29.3 Å². The summed E-state index contributed by atoms with van der Waals surface area (Å²) in [4.78, 5) is 12.3. The minimum atomic E-state index is -0.0740. The van der Waals surface area contributed by atoms with Gasteiger partial charge in [0.15, 0.2) is 6.61 Å². The molecule has 1 fully saturated rings. The molecule has 152 valence electrons. The highest BCUT2D eigenvalue weighted by Crippen LogP contribution is 2.38. The standard InChI is InChI=1S/C23H38N2O2/c1-7-22(3,4)18-12-13-20(19(16-18)23(5,6)8-2)27-17-21(26)24-25-14-10-9-11-15-25/h12-13,16H,7-11,14-15,17H2,1-6H3,(H,24,26). The van der Waals surface area contributed by atoms with Gasteiger partial charge in [-0.25, -0.2) is 5.01 Å². The maximum Gasteiger partial charge on any atom is 0.272 e. The molecule has 0 unspecified atom stereocenters. The zero-order valence-corrected chi connectivity index (χ0v) is 18.2. The van der Waals surface area contributed by atoms with Gasteiger partial charge in [0.05, 0.1) is 0 Å². The van der Waals surface area contributed by atoms with Crippen LogP contribution in [-0.2, 0) is 15.6 Å². The fraction of sp³-hybridized carbons (Fsp3) is 0.696. The van der Waals surface area contributed by atoms with Crippen molar-refractivity contribution in [2.45, 2.75) is 84.5 Å². The first-order valence-corrected chi connectivity index (χ1v) is 10.5. The number of carbonyl (C=O) groups is 1. The summed E-state index contributed by atoms with van der Waals surface area (Å²) < 4.78 is 5.99. The van der Waals surface area contributed by atoms with E-state index >= 15 is 0 Å². The van der Waals surface area contributed by atoms with E-state index in [-0.39, 0.29) is 23.3 Å². The lowest BCUT2D eigenvalue weighted by molar-refractivity contribution is -0.128. The van der Waals surface area contributed by atoms with Crippen LogP contribution in [0.25, 0.3) is 0 Å². The van der Waals surface area contributed by atoms with Crippen LogP contribution in [0.2, 0.25) is 0 Å². The number of hydrogen-bond acceptors (Lipinski definition) is 3. The molecule has 1 aliphatic heterocycles. The topological polar surface area (TPSA) is 41.6 Å². The second-order valence-electron chi connectivity index (χ2n) is 9.06.